The van der Waals surface area contributed by atoms with Gasteiger partial charge in [0.2, 0.25) is 10.0 Å². The van der Waals surface area contributed by atoms with Crippen molar-refractivity contribution in [3.63, 3.8) is 0 Å². The van der Waals surface area contributed by atoms with E-state index in [1.165, 1.54) is 37.8 Å². The maximum absolute atomic E-state index is 13.1. The summed E-state index contributed by atoms with van der Waals surface area (Å²) >= 11 is 5.93. The molecule has 0 radical (unpaired) electrons. The number of rotatable bonds is 10. The summed E-state index contributed by atoms with van der Waals surface area (Å²) in [6, 6.07) is 13.9. The fourth-order valence-electron chi connectivity index (χ4n) is 5.45. The lowest BCUT2D eigenvalue weighted by molar-refractivity contribution is -0.137. The lowest BCUT2D eigenvalue weighted by Crippen LogP contribution is -2.31. The van der Waals surface area contributed by atoms with Crippen LogP contribution in [0.15, 0.2) is 53.4 Å². The fraction of sp³-hybridized carbons (Fsp3) is 0.480. The highest BCUT2D eigenvalue weighted by molar-refractivity contribution is 7.89. The standard InChI is InChI=1S/C25H30ClNO4S/c26-22-10-12-23(13-11-22)32(30,31)27-24(16-21-15-18-6-9-20(21)14-18)19-7-4-17(5-8-19)2-1-3-25(28)29/h4-5,7-8,10-13,18,20-21,24,27H,1-3,6,9,14-16H2,(H,28,29). The topological polar surface area (TPSA) is 83.5 Å². The molecule has 0 saturated heterocycles. The molecule has 32 heavy (non-hydrogen) atoms. The molecule has 2 aliphatic carbocycles. The third-order valence-electron chi connectivity index (χ3n) is 7.08. The van der Waals surface area contributed by atoms with Crippen molar-refractivity contribution in [2.45, 2.75) is 62.3 Å². The lowest BCUT2D eigenvalue weighted by Gasteiger charge is -2.28. The Hall–Kier alpha value is -1.89. The largest absolute Gasteiger partial charge is 0.481 e. The molecule has 4 unspecified atom stereocenters. The molecule has 5 nitrogen and oxygen atoms in total. The normalized spacial score (nSPS) is 23.3. The quantitative estimate of drug-likeness (QED) is 0.469. The molecule has 2 saturated carbocycles. The van der Waals surface area contributed by atoms with Gasteiger partial charge in [-0.15, -0.1) is 0 Å². The summed E-state index contributed by atoms with van der Waals surface area (Å²) in [5, 5.41) is 9.33. The first kappa shape index (κ1) is 23.3. The summed E-state index contributed by atoms with van der Waals surface area (Å²) in [6.45, 7) is 0. The van der Waals surface area contributed by atoms with Gasteiger partial charge in [-0.1, -0.05) is 42.3 Å². The Morgan fingerprint density at radius 1 is 1.06 bits per heavy atom. The number of fused-ring (bicyclic) bond motifs is 2. The number of halogens is 1. The van der Waals surface area contributed by atoms with Gasteiger partial charge in [0.05, 0.1) is 4.90 Å². The van der Waals surface area contributed by atoms with Crippen molar-refractivity contribution in [2.24, 2.45) is 17.8 Å². The van der Waals surface area contributed by atoms with E-state index < -0.39 is 16.0 Å². The summed E-state index contributed by atoms with van der Waals surface area (Å²) < 4.78 is 29.2. The van der Waals surface area contributed by atoms with Crippen molar-refractivity contribution in [2.75, 3.05) is 0 Å². The summed E-state index contributed by atoms with van der Waals surface area (Å²) in [5.41, 5.74) is 2.02. The number of carboxylic acids is 1. The van der Waals surface area contributed by atoms with Gasteiger partial charge < -0.3 is 5.11 Å². The molecule has 2 aromatic rings. The highest BCUT2D eigenvalue weighted by Crippen LogP contribution is 2.51. The predicted octanol–water partition coefficient (Wildman–Crippen LogP) is 5.59. The Morgan fingerprint density at radius 3 is 2.38 bits per heavy atom. The maximum Gasteiger partial charge on any atom is 0.303 e. The van der Waals surface area contributed by atoms with Gasteiger partial charge in [-0.3, -0.25) is 4.79 Å². The zero-order chi connectivity index (χ0) is 22.7. The number of carboxylic acid groups (broad SMARTS) is 1. The highest BCUT2D eigenvalue weighted by Gasteiger charge is 2.40. The number of benzene rings is 2. The molecule has 0 heterocycles. The molecule has 7 heteroatoms. The third kappa shape index (κ3) is 5.72. The zero-order valence-corrected chi connectivity index (χ0v) is 19.6. The second-order valence-electron chi connectivity index (χ2n) is 9.29. The Kier molecular flexibility index (Phi) is 7.23. The van der Waals surface area contributed by atoms with Crippen LogP contribution in [0.1, 0.15) is 62.1 Å². The van der Waals surface area contributed by atoms with Gasteiger partial charge >= 0.3 is 5.97 Å². The van der Waals surface area contributed by atoms with Crippen molar-refractivity contribution in [1.29, 1.82) is 0 Å². The molecule has 0 aromatic heterocycles. The van der Waals surface area contributed by atoms with Crippen molar-refractivity contribution in [3.8, 4) is 0 Å². The lowest BCUT2D eigenvalue weighted by atomic mass is 9.83. The first-order valence-electron chi connectivity index (χ1n) is 11.4. The number of hydrogen-bond donors (Lipinski definition) is 2. The molecule has 2 N–H and O–H groups in total. The SMILES string of the molecule is O=C(O)CCCc1ccc(C(CC2CC3CCC2C3)NS(=O)(=O)c2ccc(Cl)cc2)cc1. The summed E-state index contributed by atoms with van der Waals surface area (Å²) in [7, 11) is -3.69. The van der Waals surface area contributed by atoms with Gasteiger partial charge in [0.15, 0.2) is 0 Å². The highest BCUT2D eigenvalue weighted by atomic mass is 35.5. The van der Waals surface area contributed by atoms with Crippen LogP contribution in [0.5, 0.6) is 0 Å². The van der Waals surface area contributed by atoms with Gasteiger partial charge in [-0.05, 0) is 91.7 Å². The van der Waals surface area contributed by atoms with E-state index in [9.17, 15) is 13.2 Å². The number of nitrogens with one attached hydrogen (secondary N) is 1. The average Bonchev–Trinajstić information content (AvgIpc) is 3.37. The summed E-state index contributed by atoms with van der Waals surface area (Å²) in [4.78, 5) is 11.0. The number of aryl methyl sites for hydroxylation is 1. The van der Waals surface area contributed by atoms with Crippen LogP contribution in [0, 0.1) is 17.8 Å². The minimum atomic E-state index is -3.69. The molecule has 0 amide bonds. The monoisotopic (exact) mass is 475 g/mol. The molecular weight excluding hydrogens is 446 g/mol. The van der Waals surface area contributed by atoms with Crippen LogP contribution in [0.3, 0.4) is 0 Å². The van der Waals surface area contributed by atoms with Crippen LogP contribution >= 0.6 is 11.6 Å². The van der Waals surface area contributed by atoms with Crippen LogP contribution in [0.4, 0.5) is 0 Å². The zero-order valence-electron chi connectivity index (χ0n) is 18.0. The summed E-state index contributed by atoms with van der Waals surface area (Å²) in [6.07, 6.45) is 7.28. The van der Waals surface area contributed by atoms with Crippen LogP contribution in [0.2, 0.25) is 5.02 Å². The molecule has 172 valence electrons. The number of carbonyl (C=O) groups is 1. The van der Waals surface area contributed by atoms with Gasteiger partial charge in [-0.2, -0.15) is 0 Å². The van der Waals surface area contributed by atoms with E-state index in [0.717, 1.165) is 23.5 Å². The van der Waals surface area contributed by atoms with Gasteiger partial charge in [0.1, 0.15) is 0 Å². The van der Waals surface area contributed by atoms with Crippen molar-refractivity contribution < 1.29 is 18.3 Å². The minimum Gasteiger partial charge on any atom is -0.481 e. The Morgan fingerprint density at radius 2 is 1.78 bits per heavy atom. The van der Waals surface area contributed by atoms with Crippen LogP contribution in [-0.2, 0) is 21.2 Å². The Bertz CT molecular complexity index is 1040. The predicted molar refractivity (Wildman–Crippen MR) is 125 cm³/mol. The molecule has 0 spiro atoms. The molecule has 2 bridgehead atoms. The third-order valence-corrected chi connectivity index (χ3v) is 8.82. The summed E-state index contributed by atoms with van der Waals surface area (Å²) in [5.74, 6) is 1.26. The molecule has 4 atom stereocenters. The first-order valence-corrected chi connectivity index (χ1v) is 13.2. The van der Waals surface area contributed by atoms with Crippen LogP contribution < -0.4 is 4.72 Å². The number of hydrogen-bond acceptors (Lipinski definition) is 3. The molecular formula is C25H30ClNO4S. The molecule has 4 rings (SSSR count). The average molecular weight is 476 g/mol. The van der Waals surface area contributed by atoms with E-state index in [2.05, 4.69) is 4.72 Å². The molecule has 0 aliphatic heterocycles. The molecule has 2 aromatic carbocycles. The van der Waals surface area contributed by atoms with E-state index in [1.807, 2.05) is 24.3 Å². The van der Waals surface area contributed by atoms with Crippen LogP contribution in [0.25, 0.3) is 0 Å². The van der Waals surface area contributed by atoms with Gasteiger partial charge in [-0.25, -0.2) is 13.1 Å². The first-order chi connectivity index (χ1) is 15.3. The van der Waals surface area contributed by atoms with E-state index in [1.54, 1.807) is 12.1 Å². The van der Waals surface area contributed by atoms with Gasteiger partial charge in [0.25, 0.3) is 0 Å². The maximum atomic E-state index is 13.1. The number of sulfonamides is 1. The van der Waals surface area contributed by atoms with E-state index in [-0.39, 0.29) is 17.4 Å². The second kappa shape index (κ2) is 9.94. The van der Waals surface area contributed by atoms with E-state index in [0.29, 0.717) is 29.7 Å². The second-order valence-corrected chi connectivity index (χ2v) is 11.4. The van der Waals surface area contributed by atoms with Gasteiger partial charge in [0, 0.05) is 17.5 Å². The number of aliphatic carboxylic acids is 1. The Labute approximate surface area is 195 Å². The van der Waals surface area contributed by atoms with Crippen molar-refractivity contribution in [3.05, 3.63) is 64.7 Å². The smallest absolute Gasteiger partial charge is 0.303 e. The molecule has 2 fully saturated rings. The van der Waals surface area contributed by atoms with Crippen molar-refractivity contribution in [1.82, 2.24) is 4.72 Å². The van der Waals surface area contributed by atoms with E-state index >= 15 is 0 Å². The minimum absolute atomic E-state index is 0.148. The Balaban J connectivity index is 1.52. The van der Waals surface area contributed by atoms with E-state index in [4.69, 9.17) is 16.7 Å². The molecule has 2 aliphatic rings. The fourth-order valence-corrected chi connectivity index (χ4v) is 6.81. The van der Waals surface area contributed by atoms with Crippen molar-refractivity contribution >= 4 is 27.6 Å². The van der Waals surface area contributed by atoms with Crippen LogP contribution in [-0.4, -0.2) is 19.5 Å².